The Kier molecular flexibility index (Phi) is 3.30. The number of nitrogen functional groups attached to an aromatic ring is 1. The Hall–Kier alpha value is -1.29. The number of hydrogen-bond acceptors (Lipinski definition) is 3. The summed E-state index contributed by atoms with van der Waals surface area (Å²) in [5.41, 5.74) is 6.30. The van der Waals surface area contributed by atoms with Gasteiger partial charge in [0.05, 0.1) is 18.0 Å². The maximum absolute atomic E-state index is 13.1. The molecule has 0 aliphatic heterocycles. The van der Waals surface area contributed by atoms with E-state index in [2.05, 4.69) is 0 Å². The van der Waals surface area contributed by atoms with Gasteiger partial charge in [0.2, 0.25) is 0 Å². The molecule has 1 rings (SSSR count). The van der Waals surface area contributed by atoms with Crippen molar-refractivity contribution in [3.05, 3.63) is 24.0 Å². The van der Waals surface area contributed by atoms with E-state index in [1.165, 1.54) is 6.07 Å². The first-order valence-electron chi connectivity index (χ1n) is 4.45. The average Bonchev–Trinajstić information content (AvgIpc) is 2.20. The van der Waals surface area contributed by atoms with Crippen LogP contribution in [0.4, 0.5) is 15.8 Å². The van der Waals surface area contributed by atoms with Crippen molar-refractivity contribution in [3.8, 4) is 0 Å². The predicted molar refractivity (Wildman–Crippen MR) is 55.8 cm³/mol. The lowest BCUT2D eigenvalue weighted by Gasteiger charge is -2.26. The van der Waals surface area contributed by atoms with Gasteiger partial charge in [-0.2, -0.15) is 0 Å². The SMILES string of the molecule is CC(CO)N(C)c1cccc(F)c1N. The molecule has 0 spiro atoms. The number of aliphatic hydroxyl groups is 1. The highest BCUT2D eigenvalue weighted by Crippen LogP contribution is 2.25. The van der Waals surface area contributed by atoms with Gasteiger partial charge in [0.1, 0.15) is 5.82 Å². The zero-order valence-electron chi connectivity index (χ0n) is 8.37. The van der Waals surface area contributed by atoms with Gasteiger partial charge in [0.25, 0.3) is 0 Å². The molecule has 0 aromatic heterocycles. The highest BCUT2D eigenvalue weighted by atomic mass is 19.1. The number of aliphatic hydroxyl groups excluding tert-OH is 1. The van der Waals surface area contributed by atoms with E-state index in [-0.39, 0.29) is 18.3 Å². The van der Waals surface area contributed by atoms with Gasteiger partial charge < -0.3 is 15.7 Å². The number of hydrogen-bond donors (Lipinski definition) is 2. The summed E-state index contributed by atoms with van der Waals surface area (Å²) in [5.74, 6) is -0.431. The average molecular weight is 198 g/mol. The van der Waals surface area contributed by atoms with Gasteiger partial charge in [-0.05, 0) is 19.1 Å². The van der Waals surface area contributed by atoms with E-state index in [0.29, 0.717) is 5.69 Å². The summed E-state index contributed by atoms with van der Waals surface area (Å²) >= 11 is 0. The standard InChI is InChI=1S/C10H15FN2O/c1-7(6-14)13(2)9-5-3-4-8(11)10(9)12/h3-5,7,14H,6,12H2,1-2H3. The molecule has 0 amide bonds. The Morgan fingerprint density at radius 2 is 2.21 bits per heavy atom. The van der Waals surface area contributed by atoms with Gasteiger partial charge in [-0.1, -0.05) is 6.07 Å². The summed E-state index contributed by atoms with van der Waals surface area (Å²) < 4.78 is 13.1. The minimum absolute atomic E-state index is 0.00640. The normalized spacial score (nSPS) is 12.6. The van der Waals surface area contributed by atoms with Crippen LogP contribution in [0, 0.1) is 5.82 Å². The van der Waals surface area contributed by atoms with Crippen molar-refractivity contribution in [1.82, 2.24) is 0 Å². The first-order valence-corrected chi connectivity index (χ1v) is 4.45. The zero-order valence-corrected chi connectivity index (χ0v) is 8.37. The van der Waals surface area contributed by atoms with Crippen LogP contribution in [0.25, 0.3) is 0 Å². The number of rotatable bonds is 3. The van der Waals surface area contributed by atoms with Crippen LogP contribution in [-0.4, -0.2) is 24.8 Å². The van der Waals surface area contributed by atoms with Crippen LogP contribution in [0.1, 0.15) is 6.92 Å². The minimum Gasteiger partial charge on any atom is -0.395 e. The van der Waals surface area contributed by atoms with Gasteiger partial charge in [-0.15, -0.1) is 0 Å². The van der Waals surface area contributed by atoms with E-state index in [1.54, 1.807) is 24.1 Å². The third kappa shape index (κ3) is 1.96. The molecule has 4 heteroatoms. The van der Waals surface area contributed by atoms with Crippen molar-refractivity contribution in [3.63, 3.8) is 0 Å². The van der Waals surface area contributed by atoms with E-state index in [4.69, 9.17) is 10.8 Å². The van der Waals surface area contributed by atoms with Gasteiger partial charge >= 0.3 is 0 Å². The van der Waals surface area contributed by atoms with Crippen molar-refractivity contribution in [2.24, 2.45) is 0 Å². The third-order valence-electron chi connectivity index (χ3n) is 2.34. The molecular weight excluding hydrogens is 183 g/mol. The molecule has 1 unspecified atom stereocenters. The molecule has 0 saturated heterocycles. The van der Waals surface area contributed by atoms with Crippen LogP contribution >= 0.6 is 0 Å². The first kappa shape index (κ1) is 10.8. The highest BCUT2D eigenvalue weighted by Gasteiger charge is 2.13. The van der Waals surface area contributed by atoms with E-state index in [1.807, 2.05) is 6.92 Å². The van der Waals surface area contributed by atoms with Crippen LogP contribution in [0.15, 0.2) is 18.2 Å². The number of benzene rings is 1. The Morgan fingerprint density at radius 1 is 1.57 bits per heavy atom. The fraction of sp³-hybridized carbons (Fsp3) is 0.400. The molecule has 0 aliphatic rings. The summed E-state index contributed by atoms with van der Waals surface area (Å²) in [6.07, 6.45) is 0. The van der Waals surface area contributed by atoms with Crippen molar-refractivity contribution < 1.29 is 9.50 Å². The topological polar surface area (TPSA) is 49.5 Å². The minimum atomic E-state index is -0.431. The van der Waals surface area contributed by atoms with Crippen molar-refractivity contribution in [2.75, 3.05) is 24.3 Å². The summed E-state index contributed by atoms with van der Waals surface area (Å²) in [6, 6.07) is 4.56. The molecule has 0 heterocycles. The molecule has 14 heavy (non-hydrogen) atoms. The third-order valence-corrected chi connectivity index (χ3v) is 2.34. The summed E-state index contributed by atoms with van der Waals surface area (Å²) in [7, 11) is 1.77. The number of halogens is 1. The zero-order chi connectivity index (χ0) is 10.7. The Labute approximate surface area is 83.0 Å². The van der Waals surface area contributed by atoms with Gasteiger partial charge in [-0.3, -0.25) is 0 Å². The molecule has 1 aromatic rings. The van der Waals surface area contributed by atoms with Crippen LogP contribution in [0.2, 0.25) is 0 Å². The van der Waals surface area contributed by atoms with E-state index in [9.17, 15) is 4.39 Å². The monoisotopic (exact) mass is 198 g/mol. The Bertz CT molecular complexity index is 317. The molecule has 1 atom stereocenters. The predicted octanol–water partition coefficient (Wildman–Crippen LogP) is 1.22. The van der Waals surface area contributed by atoms with E-state index >= 15 is 0 Å². The van der Waals surface area contributed by atoms with Gasteiger partial charge in [-0.25, -0.2) is 4.39 Å². The van der Waals surface area contributed by atoms with Gasteiger partial charge in [0, 0.05) is 13.1 Å². The van der Waals surface area contributed by atoms with Crippen LogP contribution in [-0.2, 0) is 0 Å². The van der Waals surface area contributed by atoms with E-state index in [0.717, 1.165) is 0 Å². The molecule has 1 aromatic carbocycles. The lowest BCUT2D eigenvalue weighted by molar-refractivity contribution is 0.270. The second kappa shape index (κ2) is 4.28. The largest absolute Gasteiger partial charge is 0.395 e. The number of nitrogens with zero attached hydrogens (tertiary/aromatic N) is 1. The Balaban J connectivity index is 3.01. The quantitative estimate of drug-likeness (QED) is 0.718. The summed E-state index contributed by atoms with van der Waals surface area (Å²) in [4.78, 5) is 1.75. The molecule has 0 saturated carbocycles. The lowest BCUT2D eigenvalue weighted by atomic mass is 10.2. The fourth-order valence-electron chi connectivity index (χ4n) is 1.19. The molecule has 0 aliphatic carbocycles. The first-order chi connectivity index (χ1) is 6.57. The smallest absolute Gasteiger partial charge is 0.148 e. The van der Waals surface area contributed by atoms with Crippen LogP contribution in [0.3, 0.4) is 0 Å². The van der Waals surface area contributed by atoms with Crippen molar-refractivity contribution in [2.45, 2.75) is 13.0 Å². The second-order valence-corrected chi connectivity index (χ2v) is 3.32. The molecule has 78 valence electrons. The fourth-order valence-corrected chi connectivity index (χ4v) is 1.19. The summed E-state index contributed by atoms with van der Waals surface area (Å²) in [6.45, 7) is 1.84. The van der Waals surface area contributed by atoms with E-state index < -0.39 is 5.82 Å². The number of likely N-dealkylation sites (N-methyl/N-ethyl adjacent to an activating group) is 1. The highest BCUT2D eigenvalue weighted by molar-refractivity contribution is 5.68. The number of nitrogens with two attached hydrogens (primary N) is 1. The second-order valence-electron chi connectivity index (χ2n) is 3.32. The van der Waals surface area contributed by atoms with Crippen molar-refractivity contribution >= 4 is 11.4 Å². The molecule has 3 nitrogen and oxygen atoms in total. The molecule has 0 fully saturated rings. The summed E-state index contributed by atoms with van der Waals surface area (Å²) in [5, 5.41) is 8.95. The molecule has 3 N–H and O–H groups in total. The molecule has 0 bridgehead atoms. The molecular formula is C10H15FN2O. The van der Waals surface area contributed by atoms with Gasteiger partial charge in [0.15, 0.2) is 0 Å². The maximum Gasteiger partial charge on any atom is 0.148 e. The van der Waals surface area contributed by atoms with Crippen LogP contribution in [0.5, 0.6) is 0 Å². The number of para-hydroxylation sites is 1. The molecule has 0 radical (unpaired) electrons. The lowest BCUT2D eigenvalue weighted by Crippen LogP contribution is -2.32. The maximum atomic E-state index is 13.1. The van der Waals surface area contributed by atoms with Crippen LogP contribution < -0.4 is 10.6 Å². The van der Waals surface area contributed by atoms with Crippen molar-refractivity contribution in [1.29, 1.82) is 0 Å². The number of anilines is 2. The Morgan fingerprint density at radius 3 is 2.79 bits per heavy atom.